The molecule has 2 aromatic carbocycles. The number of esters is 1. The molecule has 2 atom stereocenters. The summed E-state index contributed by atoms with van der Waals surface area (Å²) in [5.41, 5.74) is 3.41. The average molecular weight is 400 g/mol. The van der Waals surface area contributed by atoms with Gasteiger partial charge in [-0.1, -0.05) is 17.7 Å². The Morgan fingerprint density at radius 2 is 1.79 bits per heavy atom. The summed E-state index contributed by atoms with van der Waals surface area (Å²) in [5.74, 6) is -1.55. The van der Waals surface area contributed by atoms with Crippen molar-refractivity contribution in [1.82, 2.24) is 0 Å². The lowest BCUT2D eigenvalue weighted by atomic mass is 10.1. The first-order valence-electron chi connectivity index (χ1n) is 9.14. The van der Waals surface area contributed by atoms with E-state index in [1.165, 1.54) is 6.92 Å². The molecule has 1 amide bonds. The van der Waals surface area contributed by atoms with Crippen LogP contribution in [0, 0.1) is 19.8 Å². The van der Waals surface area contributed by atoms with Crippen LogP contribution in [0.15, 0.2) is 42.5 Å². The van der Waals surface area contributed by atoms with Crippen molar-refractivity contribution in [3.63, 3.8) is 0 Å². The number of rotatable bonds is 5. The molecule has 0 N–H and O–H groups in total. The van der Waals surface area contributed by atoms with Crippen molar-refractivity contribution in [2.75, 3.05) is 11.4 Å². The fourth-order valence-corrected chi connectivity index (χ4v) is 3.31. The van der Waals surface area contributed by atoms with Crippen molar-refractivity contribution in [1.29, 1.82) is 0 Å². The molecule has 1 aliphatic heterocycles. The van der Waals surface area contributed by atoms with Gasteiger partial charge in [0.1, 0.15) is 0 Å². The Kier molecular flexibility index (Phi) is 5.84. The van der Waals surface area contributed by atoms with Crippen molar-refractivity contribution in [3.05, 3.63) is 64.2 Å². The second kappa shape index (κ2) is 8.15. The molecule has 1 fully saturated rings. The predicted molar refractivity (Wildman–Crippen MR) is 108 cm³/mol. The Hall–Kier alpha value is -2.66. The third kappa shape index (κ3) is 4.25. The molecule has 0 radical (unpaired) electrons. The van der Waals surface area contributed by atoms with Crippen LogP contribution in [0.1, 0.15) is 34.8 Å². The first-order chi connectivity index (χ1) is 13.3. The molecular weight excluding hydrogens is 378 g/mol. The molecule has 2 aromatic rings. The molecule has 0 aromatic heterocycles. The first kappa shape index (κ1) is 20.1. The van der Waals surface area contributed by atoms with E-state index in [0.717, 1.165) is 16.8 Å². The molecule has 1 heterocycles. The maximum absolute atomic E-state index is 12.5. The summed E-state index contributed by atoms with van der Waals surface area (Å²) in [4.78, 5) is 38.9. The highest BCUT2D eigenvalue weighted by atomic mass is 35.5. The van der Waals surface area contributed by atoms with Gasteiger partial charge in [0.2, 0.25) is 11.7 Å². The summed E-state index contributed by atoms with van der Waals surface area (Å²) < 4.78 is 5.36. The highest BCUT2D eigenvalue weighted by molar-refractivity contribution is 6.30. The number of ether oxygens (including phenoxy) is 1. The Balaban J connectivity index is 1.64. The lowest BCUT2D eigenvalue weighted by molar-refractivity contribution is -0.151. The number of hydrogen-bond donors (Lipinski definition) is 0. The number of nitrogens with zero attached hydrogens (tertiary/aromatic N) is 1. The molecule has 0 unspecified atom stereocenters. The number of anilines is 1. The Bertz CT molecular complexity index is 923. The van der Waals surface area contributed by atoms with Crippen LogP contribution >= 0.6 is 11.6 Å². The van der Waals surface area contributed by atoms with E-state index in [-0.39, 0.29) is 24.7 Å². The van der Waals surface area contributed by atoms with Crippen LogP contribution in [0.25, 0.3) is 0 Å². The van der Waals surface area contributed by atoms with E-state index >= 15 is 0 Å². The molecule has 0 bridgehead atoms. The van der Waals surface area contributed by atoms with E-state index in [2.05, 4.69) is 0 Å². The van der Waals surface area contributed by atoms with Gasteiger partial charge in [-0.25, -0.2) is 0 Å². The van der Waals surface area contributed by atoms with Gasteiger partial charge in [0.15, 0.2) is 6.10 Å². The zero-order valence-electron chi connectivity index (χ0n) is 16.1. The van der Waals surface area contributed by atoms with Crippen LogP contribution in [0.4, 0.5) is 5.69 Å². The minimum atomic E-state index is -0.931. The fraction of sp³-hybridized carbons (Fsp3) is 0.318. The van der Waals surface area contributed by atoms with Crippen molar-refractivity contribution in [2.45, 2.75) is 33.3 Å². The summed E-state index contributed by atoms with van der Waals surface area (Å²) in [6.45, 7) is 5.77. The molecule has 28 heavy (non-hydrogen) atoms. The number of carbonyl (C=O) groups is 3. The number of carbonyl (C=O) groups excluding carboxylic acids is 3. The summed E-state index contributed by atoms with van der Waals surface area (Å²) in [5, 5.41) is 0.525. The summed E-state index contributed by atoms with van der Waals surface area (Å²) in [7, 11) is 0. The van der Waals surface area contributed by atoms with Crippen molar-refractivity contribution in [2.24, 2.45) is 5.92 Å². The average Bonchev–Trinajstić information content (AvgIpc) is 3.06. The fourth-order valence-electron chi connectivity index (χ4n) is 3.18. The zero-order valence-corrected chi connectivity index (χ0v) is 16.8. The first-order valence-corrected chi connectivity index (χ1v) is 9.52. The predicted octanol–water partition coefficient (Wildman–Crippen LogP) is 4.12. The molecule has 1 saturated heterocycles. The van der Waals surface area contributed by atoms with Crippen molar-refractivity contribution < 1.29 is 19.1 Å². The largest absolute Gasteiger partial charge is 0.454 e. The third-order valence-electron chi connectivity index (χ3n) is 5.05. The van der Waals surface area contributed by atoms with Gasteiger partial charge in [-0.15, -0.1) is 0 Å². The zero-order chi connectivity index (χ0) is 20.4. The second-order valence-electron chi connectivity index (χ2n) is 7.12. The molecule has 1 aliphatic rings. The van der Waals surface area contributed by atoms with E-state index in [0.29, 0.717) is 10.6 Å². The summed E-state index contributed by atoms with van der Waals surface area (Å²) >= 11 is 5.83. The van der Waals surface area contributed by atoms with Crippen LogP contribution in [-0.2, 0) is 14.3 Å². The smallest absolute Gasteiger partial charge is 0.312 e. The van der Waals surface area contributed by atoms with Gasteiger partial charge >= 0.3 is 5.97 Å². The molecule has 146 valence electrons. The van der Waals surface area contributed by atoms with Crippen LogP contribution in [-0.4, -0.2) is 30.3 Å². The minimum absolute atomic E-state index is 0.0770. The molecule has 0 spiro atoms. The lowest BCUT2D eigenvalue weighted by Gasteiger charge is -2.18. The Morgan fingerprint density at radius 3 is 2.43 bits per heavy atom. The summed E-state index contributed by atoms with van der Waals surface area (Å²) in [6.07, 6.45) is -0.854. The number of ketones is 1. The van der Waals surface area contributed by atoms with Gasteiger partial charge in [-0.3, -0.25) is 14.4 Å². The molecule has 3 rings (SSSR count). The molecule has 6 heteroatoms. The number of halogens is 1. The standard InChI is InChI=1S/C22H22ClNO4/c1-13-4-9-19(10-14(13)2)24-12-17(11-20(24)25)22(27)28-15(3)21(26)16-5-7-18(23)8-6-16/h4-10,15,17H,11-12H2,1-3H3/t15-,17-/m0/s1. The van der Waals surface area contributed by atoms with Gasteiger partial charge < -0.3 is 9.64 Å². The van der Waals surface area contributed by atoms with Gasteiger partial charge in [-0.05, 0) is 68.3 Å². The van der Waals surface area contributed by atoms with Gasteiger partial charge in [-0.2, -0.15) is 0 Å². The molecular formula is C22H22ClNO4. The maximum Gasteiger partial charge on any atom is 0.312 e. The summed E-state index contributed by atoms with van der Waals surface area (Å²) in [6, 6.07) is 12.2. The van der Waals surface area contributed by atoms with Crippen molar-refractivity contribution >= 4 is 34.9 Å². The lowest BCUT2D eigenvalue weighted by Crippen LogP contribution is -2.30. The topological polar surface area (TPSA) is 63.7 Å². The number of amides is 1. The number of aryl methyl sites for hydroxylation is 2. The number of benzene rings is 2. The minimum Gasteiger partial charge on any atom is -0.454 e. The Morgan fingerprint density at radius 1 is 1.11 bits per heavy atom. The van der Waals surface area contributed by atoms with E-state index in [4.69, 9.17) is 16.3 Å². The van der Waals surface area contributed by atoms with Gasteiger partial charge in [0.05, 0.1) is 5.92 Å². The van der Waals surface area contributed by atoms with Gasteiger partial charge in [0, 0.05) is 29.2 Å². The number of hydrogen-bond acceptors (Lipinski definition) is 4. The van der Waals surface area contributed by atoms with Crippen LogP contribution in [0.2, 0.25) is 5.02 Å². The van der Waals surface area contributed by atoms with Crippen LogP contribution in [0.3, 0.4) is 0 Å². The third-order valence-corrected chi connectivity index (χ3v) is 5.30. The van der Waals surface area contributed by atoms with Crippen molar-refractivity contribution in [3.8, 4) is 0 Å². The van der Waals surface area contributed by atoms with Crippen LogP contribution in [0.5, 0.6) is 0 Å². The molecule has 0 saturated carbocycles. The monoisotopic (exact) mass is 399 g/mol. The molecule has 5 nitrogen and oxygen atoms in total. The van der Waals surface area contributed by atoms with Gasteiger partial charge in [0.25, 0.3) is 0 Å². The second-order valence-corrected chi connectivity index (χ2v) is 7.56. The van der Waals surface area contributed by atoms with Crippen LogP contribution < -0.4 is 4.90 Å². The quantitative estimate of drug-likeness (QED) is 0.560. The maximum atomic E-state index is 12.5. The van der Waals surface area contributed by atoms with E-state index in [9.17, 15) is 14.4 Å². The van der Waals surface area contributed by atoms with E-state index in [1.54, 1.807) is 29.2 Å². The molecule has 0 aliphatic carbocycles. The number of Topliss-reactive ketones (excluding diaryl/α,β-unsaturated/α-hetero) is 1. The highest BCUT2D eigenvalue weighted by Gasteiger charge is 2.37. The Labute approximate surface area is 169 Å². The van der Waals surface area contributed by atoms with E-state index < -0.39 is 18.0 Å². The van der Waals surface area contributed by atoms with E-state index in [1.807, 2.05) is 32.0 Å². The highest BCUT2D eigenvalue weighted by Crippen LogP contribution is 2.28. The SMILES string of the molecule is Cc1ccc(N2C[C@@H](C(=O)O[C@@H](C)C(=O)c3ccc(Cl)cc3)CC2=O)cc1C. The normalized spacial score (nSPS) is 17.5.